The molecule has 0 saturated carbocycles. The summed E-state index contributed by atoms with van der Waals surface area (Å²) >= 11 is 0. The Morgan fingerprint density at radius 1 is 1.10 bits per heavy atom. The standard InChI is InChI=1S/C15H27N3O2/c1-10(2)8-16-15(20)9-17-14(19)7-11-5-12-3-4-13(6-11)18-12/h10-13,18H,3-9H2,1-2H3,(H,16,20)(H,17,19). The van der Waals surface area contributed by atoms with Crippen LogP contribution in [-0.2, 0) is 9.59 Å². The van der Waals surface area contributed by atoms with Crippen LogP contribution in [0.5, 0.6) is 0 Å². The number of hydrogen-bond donors (Lipinski definition) is 3. The molecule has 2 fully saturated rings. The molecule has 2 atom stereocenters. The molecule has 0 aliphatic carbocycles. The lowest BCUT2D eigenvalue weighted by Gasteiger charge is -2.28. The Labute approximate surface area is 121 Å². The lowest BCUT2D eigenvalue weighted by Crippen LogP contribution is -2.41. The molecule has 20 heavy (non-hydrogen) atoms. The van der Waals surface area contributed by atoms with Gasteiger partial charge in [-0.25, -0.2) is 0 Å². The molecule has 0 radical (unpaired) electrons. The zero-order valence-electron chi connectivity index (χ0n) is 12.6. The minimum atomic E-state index is -0.0996. The van der Waals surface area contributed by atoms with E-state index >= 15 is 0 Å². The van der Waals surface area contributed by atoms with E-state index in [1.54, 1.807) is 0 Å². The van der Waals surface area contributed by atoms with E-state index < -0.39 is 0 Å². The minimum Gasteiger partial charge on any atom is -0.354 e. The second-order valence-electron chi connectivity index (χ2n) is 6.65. The van der Waals surface area contributed by atoms with Crippen molar-refractivity contribution in [3.05, 3.63) is 0 Å². The monoisotopic (exact) mass is 281 g/mol. The number of amides is 2. The molecule has 2 saturated heterocycles. The molecule has 3 N–H and O–H groups in total. The number of fused-ring (bicyclic) bond motifs is 2. The fraction of sp³-hybridized carbons (Fsp3) is 0.867. The number of hydrogen-bond acceptors (Lipinski definition) is 3. The summed E-state index contributed by atoms with van der Waals surface area (Å²) in [5.74, 6) is 0.820. The molecular weight excluding hydrogens is 254 g/mol. The highest BCUT2D eigenvalue weighted by molar-refractivity contribution is 5.84. The summed E-state index contributed by atoms with van der Waals surface area (Å²) in [6, 6.07) is 1.22. The van der Waals surface area contributed by atoms with Crippen molar-refractivity contribution in [2.24, 2.45) is 11.8 Å². The molecule has 0 aromatic carbocycles. The second-order valence-corrected chi connectivity index (χ2v) is 6.65. The van der Waals surface area contributed by atoms with Crippen LogP contribution in [0.2, 0.25) is 0 Å². The van der Waals surface area contributed by atoms with Crippen molar-refractivity contribution in [1.82, 2.24) is 16.0 Å². The van der Waals surface area contributed by atoms with E-state index in [9.17, 15) is 9.59 Å². The first-order chi connectivity index (χ1) is 9.52. The molecule has 2 aliphatic heterocycles. The van der Waals surface area contributed by atoms with E-state index in [2.05, 4.69) is 16.0 Å². The topological polar surface area (TPSA) is 70.2 Å². The van der Waals surface area contributed by atoms with Crippen molar-refractivity contribution in [2.45, 2.75) is 58.0 Å². The van der Waals surface area contributed by atoms with Gasteiger partial charge in [0.05, 0.1) is 6.54 Å². The molecule has 0 aromatic rings. The van der Waals surface area contributed by atoms with Crippen molar-refractivity contribution in [2.75, 3.05) is 13.1 Å². The van der Waals surface area contributed by atoms with E-state index in [1.807, 2.05) is 13.8 Å². The van der Waals surface area contributed by atoms with Gasteiger partial charge in [0.25, 0.3) is 0 Å². The van der Waals surface area contributed by atoms with Crippen LogP contribution in [0, 0.1) is 11.8 Å². The quantitative estimate of drug-likeness (QED) is 0.674. The summed E-state index contributed by atoms with van der Waals surface area (Å²) in [5.41, 5.74) is 0. The molecule has 2 heterocycles. The lowest BCUT2D eigenvalue weighted by atomic mass is 9.89. The molecule has 114 valence electrons. The van der Waals surface area contributed by atoms with Crippen molar-refractivity contribution in [3.63, 3.8) is 0 Å². The number of carbonyl (C=O) groups is 2. The molecule has 2 rings (SSSR count). The fourth-order valence-corrected chi connectivity index (χ4v) is 3.24. The van der Waals surface area contributed by atoms with Crippen LogP contribution in [-0.4, -0.2) is 37.0 Å². The third kappa shape index (κ3) is 4.78. The molecule has 2 unspecified atom stereocenters. The Morgan fingerprint density at radius 3 is 2.35 bits per heavy atom. The van der Waals surface area contributed by atoms with Crippen LogP contribution >= 0.6 is 0 Å². The predicted molar refractivity (Wildman–Crippen MR) is 78.1 cm³/mol. The third-order valence-corrected chi connectivity index (χ3v) is 4.20. The van der Waals surface area contributed by atoms with Crippen LogP contribution in [0.25, 0.3) is 0 Å². The Balaban J connectivity index is 1.62. The molecule has 2 bridgehead atoms. The summed E-state index contributed by atoms with van der Waals surface area (Å²) in [7, 11) is 0. The van der Waals surface area contributed by atoms with Crippen molar-refractivity contribution in [3.8, 4) is 0 Å². The maximum atomic E-state index is 11.9. The van der Waals surface area contributed by atoms with E-state index in [0.29, 0.717) is 36.9 Å². The maximum Gasteiger partial charge on any atom is 0.239 e. The lowest BCUT2D eigenvalue weighted by molar-refractivity contribution is -0.126. The maximum absolute atomic E-state index is 11.9. The minimum absolute atomic E-state index is 0.0102. The molecule has 2 aliphatic rings. The van der Waals surface area contributed by atoms with E-state index in [0.717, 1.165) is 12.8 Å². The SMILES string of the molecule is CC(C)CNC(=O)CNC(=O)CC1CC2CCC(C1)N2. The van der Waals surface area contributed by atoms with Gasteiger partial charge in [-0.1, -0.05) is 13.8 Å². The smallest absolute Gasteiger partial charge is 0.239 e. The van der Waals surface area contributed by atoms with Gasteiger partial charge < -0.3 is 16.0 Å². The normalized spacial score (nSPS) is 28.4. The molecule has 0 aromatic heterocycles. The average molecular weight is 281 g/mol. The highest BCUT2D eigenvalue weighted by Crippen LogP contribution is 2.32. The van der Waals surface area contributed by atoms with Crippen LogP contribution in [0.3, 0.4) is 0 Å². The summed E-state index contributed by atoms with van der Waals surface area (Å²) in [6.07, 6.45) is 5.26. The molecular formula is C15H27N3O2. The van der Waals surface area contributed by atoms with E-state index in [1.165, 1.54) is 12.8 Å². The fourth-order valence-electron chi connectivity index (χ4n) is 3.24. The highest BCUT2D eigenvalue weighted by Gasteiger charge is 2.34. The van der Waals surface area contributed by atoms with Gasteiger partial charge in [0.2, 0.25) is 11.8 Å². The zero-order valence-corrected chi connectivity index (χ0v) is 12.6. The number of piperidine rings is 1. The summed E-state index contributed by atoms with van der Waals surface area (Å²) in [4.78, 5) is 23.4. The van der Waals surface area contributed by atoms with Crippen LogP contribution < -0.4 is 16.0 Å². The second kappa shape index (κ2) is 7.07. The van der Waals surface area contributed by atoms with Crippen LogP contribution in [0.1, 0.15) is 46.0 Å². The third-order valence-electron chi connectivity index (χ3n) is 4.20. The van der Waals surface area contributed by atoms with Gasteiger partial charge in [-0.05, 0) is 37.5 Å². The Kier molecular flexibility index (Phi) is 5.40. The molecule has 2 amide bonds. The van der Waals surface area contributed by atoms with Gasteiger partial charge in [0.15, 0.2) is 0 Å². The Hall–Kier alpha value is -1.10. The number of carbonyl (C=O) groups excluding carboxylic acids is 2. The van der Waals surface area contributed by atoms with Crippen molar-refractivity contribution >= 4 is 11.8 Å². The van der Waals surface area contributed by atoms with Crippen molar-refractivity contribution < 1.29 is 9.59 Å². The van der Waals surface area contributed by atoms with Gasteiger partial charge in [-0.3, -0.25) is 9.59 Å². The van der Waals surface area contributed by atoms with Gasteiger partial charge in [-0.15, -0.1) is 0 Å². The highest BCUT2D eigenvalue weighted by atomic mass is 16.2. The van der Waals surface area contributed by atoms with Crippen LogP contribution in [0.15, 0.2) is 0 Å². The number of nitrogens with one attached hydrogen (secondary N) is 3. The first kappa shape index (κ1) is 15.3. The first-order valence-corrected chi connectivity index (χ1v) is 7.82. The van der Waals surface area contributed by atoms with Gasteiger partial charge in [-0.2, -0.15) is 0 Å². The van der Waals surface area contributed by atoms with Gasteiger partial charge >= 0.3 is 0 Å². The van der Waals surface area contributed by atoms with Gasteiger partial charge in [0.1, 0.15) is 0 Å². The number of rotatable bonds is 6. The Morgan fingerprint density at radius 2 is 1.75 bits per heavy atom. The summed E-state index contributed by atoms with van der Waals surface area (Å²) in [6.45, 7) is 4.85. The largest absolute Gasteiger partial charge is 0.354 e. The van der Waals surface area contributed by atoms with E-state index in [4.69, 9.17) is 0 Å². The van der Waals surface area contributed by atoms with E-state index in [-0.39, 0.29) is 18.4 Å². The molecule has 5 heteroatoms. The van der Waals surface area contributed by atoms with Crippen LogP contribution in [0.4, 0.5) is 0 Å². The zero-order chi connectivity index (χ0) is 14.5. The molecule has 0 spiro atoms. The Bertz CT molecular complexity index is 345. The summed E-state index contributed by atoms with van der Waals surface area (Å²) in [5, 5.41) is 9.11. The average Bonchev–Trinajstić information content (AvgIpc) is 2.73. The van der Waals surface area contributed by atoms with Crippen molar-refractivity contribution in [1.29, 1.82) is 0 Å². The van der Waals surface area contributed by atoms with Gasteiger partial charge in [0, 0.05) is 25.0 Å². The predicted octanol–water partition coefficient (Wildman–Crippen LogP) is 0.796. The molecule has 5 nitrogen and oxygen atoms in total. The first-order valence-electron chi connectivity index (χ1n) is 7.82. The summed E-state index contributed by atoms with van der Waals surface area (Å²) < 4.78 is 0.